The first-order valence-electron chi connectivity index (χ1n) is 4.74. The topological polar surface area (TPSA) is 52.1 Å². The van der Waals surface area contributed by atoms with Gasteiger partial charge >= 0.3 is 0 Å². The molecule has 0 spiro atoms. The van der Waals surface area contributed by atoms with E-state index >= 15 is 0 Å². The Morgan fingerprint density at radius 1 is 1.25 bits per heavy atom. The monoisotopic (exact) mass is 214 g/mol. The van der Waals surface area contributed by atoms with Crippen LogP contribution in [-0.2, 0) is 0 Å². The zero-order chi connectivity index (χ0) is 11.4. The molecular weight excluding hydrogens is 204 g/mol. The molecule has 0 saturated carbocycles. The minimum atomic E-state index is 0.479. The Labute approximate surface area is 92.9 Å². The smallest absolute Gasteiger partial charge is 0.153 e. The van der Waals surface area contributed by atoms with Gasteiger partial charge in [0, 0.05) is 11.8 Å². The zero-order valence-corrected chi connectivity index (χ0v) is 8.75. The van der Waals surface area contributed by atoms with Crippen molar-refractivity contribution in [2.45, 2.75) is 0 Å². The lowest BCUT2D eigenvalue weighted by molar-refractivity contribution is 0.112. The van der Waals surface area contributed by atoms with Gasteiger partial charge in [-0.15, -0.1) is 0 Å². The molecule has 0 saturated heterocycles. The third kappa shape index (κ3) is 1.91. The van der Waals surface area contributed by atoms with Crippen LogP contribution in [0.25, 0.3) is 11.3 Å². The summed E-state index contributed by atoms with van der Waals surface area (Å²) in [6, 6.07) is 7.36. The van der Waals surface area contributed by atoms with Crippen molar-refractivity contribution in [2.24, 2.45) is 0 Å². The van der Waals surface area contributed by atoms with Gasteiger partial charge in [-0.1, -0.05) is 0 Å². The van der Waals surface area contributed by atoms with E-state index in [0.717, 1.165) is 17.6 Å². The van der Waals surface area contributed by atoms with Crippen LogP contribution in [0.5, 0.6) is 5.75 Å². The standard InChI is InChI=1S/C12H10N2O2/c1-16-11-4-2-9(3-5-11)12-10(7-15)6-13-8-14-12/h2-8H,1H3. The van der Waals surface area contributed by atoms with Crippen molar-refractivity contribution in [3.63, 3.8) is 0 Å². The van der Waals surface area contributed by atoms with Crippen LogP contribution in [0.2, 0.25) is 0 Å². The summed E-state index contributed by atoms with van der Waals surface area (Å²) in [4.78, 5) is 18.7. The molecule has 0 unspecified atom stereocenters. The quantitative estimate of drug-likeness (QED) is 0.733. The second kappa shape index (κ2) is 4.53. The van der Waals surface area contributed by atoms with Gasteiger partial charge in [-0.2, -0.15) is 0 Å². The van der Waals surface area contributed by atoms with Crippen LogP contribution in [0.15, 0.2) is 36.8 Å². The molecule has 0 aliphatic heterocycles. The Morgan fingerprint density at radius 3 is 2.62 bits per heavy atom. The summed E-state index contributed by atoms with van der Waals surface area (Å²) in [7, 11) is 1.61. The highest BCUT2D eigenvalue weighted by Gasteiger charge is 2.05. The maximum absolute atomic E-state index is 10.8. The van der Waals surface area contributed by atoms with Crippen molar-refractivity contribution in [1.82, 2.24) is 9.97 Å². The molecule has 0 aliphatic rings. The third-order valence-corrected chi connectivity index (χ3v) is 2.23. The number of ether oxygens (including phenoxy) is 1. The van der Waals surface area contributed by atoms with Crippen LogP contribution in [0.1, 0.15) is 10.4 Å². The second-order valence-electron chi connectivity index (χ2n) is 3.17. The molecule has 0 fully saturated rings. The molecule has 16 heavy (non-hydrogen) atoms. The SMILES string of the molecule is COc1ccc(-c2ncncc2C=O)cc1. The number of carbonyl (C=O) groups is 1. The normalized spacial score (nSPS) is 9.81. The van der Waals surface area contributed by atoms with E-state index in [1.165, 1.54) is 12.5 Å². The predicted molar refractivity (Wildman–Crippen MR) is 59.4 cm³/mol. The van der Waals surface area contributed by atoms with Gasteiger partial charge in [0.05, 0.1) is 18.4 Å². The minimum absolute atomic E-state index is 0.479. The highest BCUT2D eigenvalue weighted by atomic mass is 16.5. The number of carbonyl (C=O) groups excluding carboxylic acids is 1. The van der Waals surface area contributed by atoms with E-state index in [1.54, 1.807) is 7.11 Å². The average molecular weight is 214 g/mol. The Bertz CT molecular complexity index is 495. The summed E-state index contributed by atoms with van der Waals surface area (Å²) >= 11 is 0. The summed E-state index contributed by atoms with van der Waals surface area (Å²) in [5.74, 6) is 0.769. The number of benzene rings is 1. The van der Waals surface area contributed by atoms with E-state index in [-0.39, 0.29) is 0 Å². The lowest BCUT2D eigenvalue weighted by Crippen LogP contribution is -1.93. The van der Waals surface area contributed by atoms with Gasteiger partial charge in [-0.05, 0) is 24.3 Å². The lowest BCUT2D eigenvalue weighted by atomic mass is 10.1. The Balaban J connectivity index is 2.46. The maximum Gasteiger partial charge on any atom is 0.153 e. The maximum atomic E-state index is 10.8. The minimum Gasteiger partial charge on any atom is -0.497 e. The number of rotatable bonds is 3. The molecule has 4 heteroatoms. The fourth-order valence-corrected chi connectivity index (χ4v) is 1.42. The Morgan fingerprint density at radius 2 is 2.00 bits per heavy atom. The Hall–Kier alpha value is -2.23. The van der Waals surface area contributed by atoms with E-state index in [0.29, 0.717) is 11.3 Å². The fraction of sp³-hybridized carbons (Fsp3) is 0.0833. The van der Waals surface area contributed by atoms with Crippen LogP contribution in [-0.4, -0.2) is 23.4 Å². The van der Waals surface area contributed by atoms with E-state index in [2.05, 4.69) is 9.97 Å². The molecule has 0 atom stereocenters. The van der Waals surface area contributed by atoms with Crippen LogP contribution in [0.4, 0.5) is 0 Å². The van der Waals surface area contributed by atoms with E-state index in [9.17, 15) is 4.79 Å². The fourth-order valence-electron chi connectivity index (χ4n) is 1.42. The van der Waals surface area contributed by atoms with Crippen LogP contribution in [0.3, 0.4) is 0 Å². The average Bonchev–Trinajstić information content (AvgIpc) is 2.39. The van der Waals surface area contributed by atoms with Crippen molar-refractivity contribution >= 4 is 6.29 Å². The van der Waals surface area contributed by atoms with Crippen molar-refractivity contribution < 1.29 is 9.53 Å². The number of aromatic nitrogens is 2. The number of nitrogens with zero attached hydrogens (tertiary/aromatic N) is 2. The molecular formula is C12H10N2O2. The first-order chi connectivity index (χ1) is 7.85. The Kier molecular flexibility index (Phi) is 2.91. The van der Waals surface area contributed by atoms with E-state index < -0.39 is 0 Å². The molecule has 2 aromatic rings. The van der Waals surface area contributed by atoms with Gasteiger partial charge in [-0.25, -0.2) is 9.97 Å². The van der Waals surface area contributed by atoms with Crippen molar-refractivity contribution in [1.29, 1.82) is 0 Å². The third-order valence-electron chi connectivity index (χ3n) is 2.23. The lowest BCUT2D eigenvalue weighted by Gasteiger charge is -2.04. The molecule has 0 N–H and O–H groups in total. The van der Waals surface area contributed by atoms with Crippen molar-refractivity contribution in [3.8, 4) is 17.0 Å². The van der Waals surface area contributed by atoms with E-state index in [1.807, 2.05) is 24.3 Å². The first-order valence-corrected chi connectivity index (χ1v) is 4.74. The van der Waals surface area contributed by atoms with Crippen LogP contribution in [0, 0.1) is 0 Å². The molecule has 1 aromatic carbocycles. The molecule has 4 nitrogen and oxygen atoms in total. The van der Waals surface area contributed by atoms with Crippen molar-refractivity contribution in [3.05, 3.63) is 42.4 Å². The van der Waals surface area contributed by atoms with Gasteiger partial charge in [0.15, 0.2) is 6.29 Å². The summed E-state index contributed by atoms with van der Waals surface area (Å²) in [6.45, 7) is 0. The van der Waals surface area contributed by atoms with Gasteiger partial charge in [0.25, 0.3) is 0 Å². The molecule has 1 aromatic heterocycles. The number of methoxy groups -OCH3 is 1. The predicted octanol–water partition coefficient (Wildman–Crippen LogP) is 1.96. The largest absolute Gasteiger partial charge is 0.497 e. The molecule has 2 rings (SSSR count). The molecule has 0 amide bonds. The highest BCUT2D eigenvalue weighted by molar-refractivity contribution is 5.85. The molecule has 0 radical (unpaired) electrons. The van der Waals surface area contributed by atoms with E-state index in [4.69, 9.17) is 4.74 Å². The number of hydrogen-bond acceptors (Lipinski definition) is 4. The number of hydrogen-bond donors (Lipinski definition) is 0. The molecule has 1 heterocycles. The zero-order valence-electron chi connectivity index (χ0n) is 8.75. The summed E-state index contributed by atoms with van der Waals surface area (Å²) in [5, 5.41) is 0. The van der Waals surface area contributed by atoms with Gasteiger partial charge < -0.3 is 4.74 Å². The summed E-state index contributed by atoms with van der Waals surface area (Å²) in [5.41, 5.74) is 1.98. The molecule has 0 bridgehead atoms. The summed E-state index contributed by atoms with van der Waals surface area (Å²) in [6.07, 6.45) is 3.67. The van der Waals surface area contributed by atoms with Crippen LogP contribution >= 0.6 is 0 Å². The second-order valence-corrected chi connectivity index (χ2v) is 3.17. The van der Waals surface area contributed by atoms with Gasteiger partial charge in [0.2, 0.25) is 0 Å². The van der Waals surface area contributed by atoms with Crippen molar-refractivity contribution in [2.75, 3.05) is 7.11 Å². The molecule has 0 aliphatic carbocycles. The highest BCUT2D eigenvalue weighted by Crippen LogP contribution is 2.22. The van der Waals surface area contributed by atoms with Crippen LogP contribution < -0.4 is 4.74 Å². The van der Waals surface area contributed by atoms with Gasteiger partial charge in [-0.3, -0.25) is 4.79 Å². The molecule has 80 valence electrons. The van der Waals surface area contributed by atoms with Gasteiger partial charge in [0.1, 0.15) is 12.1 Å². The summed E-state index contributed by atoms with van der Waals surface area (Å²) < 4.78 is 5.06. The first kappa shape index (κ1) is 10.3. The number of aldehydes is 1.